The van der Waals surface area contributed by atoms with Crippen LogP contribution in [0.4, 0.5) is 0 Å². The Bertz CT molecular complexity index is 603. The number of rotatable bonds is 5. The van der Waals surface area contributed by atoms with E-state index >= 15 is 0 Å². The summed E-state index contributed by atoms with van der Waals surface area (Å²) in [6.45, 7) is 4.03. The fourth-order valence-corrected chi connectivity index (χ4v) is 2.05. The molecular formula is C17H17ClO2. The summed E-state index contributed by atoms with van der Waals surface area (Å²) in [5, 5.41) is 0.518. The van der Waals surface area contributed by atoms with Crippen LogP contribution in [0.3, 0.4) is 0 Å². The number of ketones is 1. The molecule has 0 aliphatic carbocycles. The zero-order valence-electron chi connectivity index (χ0n) is 11.7. The Hall–Kier alpha value is -1.80. The van der Waals surface area contributed by atoms with Crippen LogP contribution in [0.2, 0.25) is 5.02 Å². The second kappa shape index (κ2) is 6.58. The summed E-state index contributed by atoms with van der Waals surface area (Å²) in [5.74, 6) is 0.496. The molecule has 2 aromatic rings. The van der Waals surface area contributed by atoms with E-state index in [-0.39, 0.29) is 12.4 Å². The van der Waals surface area contributed by atoms with Gasteiger partial charge in [0.25, 0.3) is 0 Å². The van der Waals surface area contributed by atoms with Gasteiger partial charge in [-0.2, -0.15) is 0 Å². The number of ether oxygens (including phenoxy) is 1. The van der Waals surface area contributed by atoms with Gasteiger partial charge in [0.2, 0.25) is 0 Å². The molecule has 0 fully saturated rings. The molecule has 0 saturated carbocycles. The quantitative estimate of drug-likeness (QED) is 0.759. The molecule has 0 bridgehead atoms. The highest BCUT2D eigenvalue weighted by Crippen LogP contribution is 2.25. The smallest absolute Gasteiger partial charge is 0.200 e. The Balaban J connectivity index is 2.02. The first-order valence-electron chi connectivity index (χ1n) is 6.61. The second-order valence-corrected chi connectivity index (χ2v) is 5.10. The third-order valence-corrected chi connectivity index (χ3v) is 3.44. The van der Waals surface area contributed by atoms with Gasteiger partial charge < -0.3 is 4.74 Å². The molecule has 0 amide bonds. The third kappa shape index (κ3) is 3.61. The SMILES string of the molecule is CCc1ccc(C(=O)COc2cc(C)ccc2Cl)cc1. The number of hydrogen-bond donors (Lipinski definition) is 0. The highest BCUT2D eigenvalue weighted by atomic mass is 35.5. The number of carbonyl (C=O) groups is 1. The molecular weight excluding hydrogens is 272 g/mol. The van der Waals surface area contributed by atoms with Crippen LogP contribution in [0.5, 0.6) is 5.75 Å². The van der Waals surface area contributed by atoms with Gasteiger partial charge >= 0.3 is 0 Å². The maximum Gasteiger partial charge on any atom is 0.200 e. The monoisotopic (exact) mass is 288 g/mol. The first-order valence-corrected chi connectivity index (χ1v) is 6.99. The van der Waals surface area contributed by atoms with Crippen molar-refractivity contribution in [2.24, 2.45) is 0 Å². The van der Waals surface area contributed by atoms with E-state index in [1.165, 1.54) is 5.56 Å². The predicted octanol–water partition coefficient (Wildman–Crippen LogP) is 4.47. The average molecular weight is 289 g/mol. The lowest BCUT2D eigenvalue weighted by molar-refractivity contribution is 0.0921. The van der Waals surface area contributed by atoms with Gasteiger partial charge in [-0.25, -0.2) is 0 Å². The topological polar surface area (TPSA) is 26.3 Å². The number of Topliss-reactive ketones (excluding diaryl/α,β-unsaturated/α-hetero) is 1. The lowest BCUT2D eigenvalue weighted by atomic mass is 10.1. The summed E-state index contributed by atoms with van der Waals surface area (Å²) < 4.78 is 5.51. The molecule has 3 heteroatoms. The fourth-order valence-electron chi connectivity index (χ4n) is 1.87. The van der Waals surface area contributed by atoms with Crippen molar-refractivity contribution < 1.29 is 9.53 Å². The zero-order chi connectivity index (χ0) is 14.5. The van der Waals surface area contributed by atoms with Gasteiger partial charge in [-0.3, -0.25) is 4.79 Å². The fraction of sp³-hybridized carbons (Fsp3) is 0.235. The van der Waals surface area contributed by atoms with Gasteiger partial charge in [0, 0.05) is 5.56 Å². The molecule has 104 valence electrons. The first-order chi connectivity index (χ1) is 9.60. The standard InChI is InChI=1S/C17H17ClO2/c1-3-13-5-7-14(8-6-13)16(19)11-20-17-10-12(2)4-9-15(17)18/h4-10H,3,11H2,1-2H3. The molecule has 2 nitrogen and oxygen atoms in total. The lowest BCUT2D eigenvalue weighted by Gasteiger charge is -2.08. The number of benzene rings is 2. The van der Waals surface area contributed by atoms with Gasteiger partial charge in [0.15, 0.2) is 12.4 Å². The van der Waals surface area contributed by atoms with Crippen LogP contribution in [0.25, 0.3) is 0 Å². The third-order valence-electron chi connectivity index (χ3n) is 3.13. The average Bonchev–Trinajstić information content (AvgIpc) is 2.48. The van der Waals surface area contributed by atoms with Crippen LogP contribution in [-0.4, -0.2) is 12.4 Å². The van der Waals surface area contributed by atoms with Gasteiger partial charge in [0.1, 0.15) is 5.75 Å². The zero-order valence-corrected chi connectivity index (χ0v) is 12.4. The second-order valence-electron chi connectivity index (χ2n) is 4.70. The van der Waals surface area contributed by atoms with E-state index in [0.717, 1.165) is 12.0 Å². The lowest BCUT2D eigenvalue weighted by Crippen LogP contribution is -2.11. The number of carbonyl (C=O) groups excluding carboxylic acids is 1. The molecule has 0 saturated heterocycles. The molecule has 0 heterocycles. The van der Waals surface area contributed by atoms with Crippen molar-refractivity contribution in [1.82, 2.24) is 0 Å². The van der Waals surface area contributed by atoms with E-state index in [9.17, 15) is 4.79 Å². The minimum absolute atomic E-state index is 0.00531. The Morgan fingerprint density at radius 3 is 2.50 bits per heavy atom. The van der Waals surface area contributed by atoms with Crippen LogP contribution in [0, 0.1) is 6.92 Å². The largest absolute Gasteiger partial charge is 0.484 e. The Labute approximate surface area is 124 Å². The molecule has 2 aromatic carbocycles. The van der Waals surface area contributed by atoms with Crippen molar-refractivity contribution in [3.63, 3.8) is 0 Å². The maximum absolute atomic E-state index is 12.0. The Kier molecular flexibility index (Phi) is 4.80. The van der Waals surface area contributed by atoms with E-state index in [2.05, 4.69) is 6.92 Å². The summed E-state index contributed by atoms with van der Waals surface area (Å²) in [7, 11) is 0. The van der Waals surface area contributed by atoms with Crippen molar-refractivity contribution in [1.29, 1.82) is 0 Å². The Morgan fingerprint density at radius 2 is 1.85 bits per heavy atom. The van der Waals surface area contributed by atoms with Gasteiger partial charge in [0.05, 0.1) is 5.02 Å². The van der Waals surface area contributed by atoms with E-state index in [4.69, 9.17) is 16.3 Å². The normalized spacial score (nSPS) is 10.3. The highest BCUT2D eigenvalue weighted by Gasteiger charge is 2.08. The van der Waals surface area contributed by atoms with Crippen LogP contribution < -0.4 is 4.74 Å². The summed E-state index contributed by atoms with van der Waals surface area (Å²) in [6.07, 6.45) is 0.962. The van der Waals surface area contributed by atoms with E-state index < -0.39 is 0 Å². The molecule has 0 atom stereocenters. The van der Waals surface area contributed by atoms with Crippen molar-refractivity contribution in [2.45, 2.75) is 20.3 Å². The molecule has 20 heavy (non-hydrogen) atoms. The summed E-state index contributed by atoms with van der Waals surface area (Å²) in [4.78, 5) is 12.0. The molecule has 0 aromatic heterocycles. The molecule has 0 unspecified atom stereocenters. The first kappa shape index (κ1) is 14.6. The summed E-state index contributed by atoms with van der Waals surface area (Å²) in [6, 6.07) is 13.1. The van der Waals surface area contributed by atoms with Crippen molar-refractivity contribution in [2.75, 3.05) is 6.61 Å². The van der Waals surface area contributed by atoms with E-state index in [1.54, 1.807) is 6.07 Å². The number of halogens is 1. The maximum atomic E-state index is 12.0. The van der Waals surface area contributed by atoms with Crippen molar-refractivity contribution in [3.8, 4) is 5.75 Å². The molecule has 0 radical (unpaired) electrons. The number of aryl methyl sites for hydroxylation is 2. The number of hydrogen-bond acceptors (Lipinski definition) is 2. The van der Waals surface area contributed by atoms with Crippen LogP contribution >= 0.6 is 11.6 Å². The van der Waals surface area contributed by atoms with Gasteiger partial charge in [-0.1, -0.05) is 48.9 Å². The molecule has 2 rings (SSSR count). The Morgan fingerprint density at radius 1 is 1.15 bits per heavy atom. The van der Waals surface area contributed by atoms with Crippen LogP contribution in [-0.2, 0) is 6.42 Å². The van der Waals surface area contributed by atoms with Gasteiger partial charge in [-0.05, 0) is 36.6 Å². The van der Waals surface area contributed by atoms with Crippen LogP contribution in [0.1, 0.15) is 28.4 Å². The minimum Gasteiger partial charge on any atom is -0.484 e. The van der Waals surface area contributed by atoms with Crippen molar-refractivity contribution >= 4 is 17.4 Å². The molecule has 0 aliphatic rings. The predicted molar refractivity (Wildman–Crippen MR) is 81.8 cm³/mol. The van der Waals surface area contributed by atoms with Crippen molar-refractivity contribution in [3.05, 3.63) is 64.2 Å². The molecule has 0 N–H and O–H groups in total. The highest BCUT2D eigenvalue weighted by molar-refractivity contribution is 6.32. The summed E-state index contributed by atoms with van der Waals surface area (Å²) >= 11 is 6.03. The van der Waals surface area contributed by atoms with Crippen LogP contribution in [0.15, 0.2) is 42.5 Å². The summed E-state index contributed by atoms with van der Waals surface area (Å²) in [5.41, 5.74) is 2.92. The van der Waals surface area contributed by atoms with E-state index in [1.807, 2.05) is 43.3 Å². The van der Waals surface area contributed by atoms with Gasteiger partial charge in [-0.15, -0.1) is 0 Å². The minimum atomic E-state index is -0.0507. The molecule has 0 spiro atoms. The van der Waals surface area contributed by atoms with E-state index in [0.29, 0.717) is 16.3 Å². The molecule has 0 aliphatic heterocycles.